The van der Waals surface area contributed by atoms with Gasteiger partial charge in [0.15, 0.2) is 5.82 Å². The number of aromatic amines is 1. The second-order valence-electron chi connectivity index (χ2n) is 1.94. The van der Waals surface area contributed by atoms with E-state index in [0.29, 0.717) is 6.54 Å². The molecule has 0 aromatic carbocycles. The molecule has 1 heterocycles. The van der Waals surface area contributed by atoms with Crippen molar-refractivity contribution in [2.45, 2.75) is 6.92 Å². The zero-order valence-corrected chi connectivity index (χ0v) is 6.02. The van der Waals surface area contributed by atoms with E-state index in [4.69, 9.17) is 0 Å². The second kappa shape index (κ2) is 3.14. The molecule has 0 radical (unpaired) electrons. The van der Waals surface area contributed by atoms with Crippen LogP contribution in [-0.2, 0) is 0 Å². The Hall–Kier alpha value is -1.39. The monoisotopic (exact) mass is 157 g/mol. The summed E-state index contributed by atoms with van der Waals surface area (Å²) in [6.45, 7) is 2.36. The minimum atomic E-state index is -0.553. The molecule has 0 bridgehead atoms. The standard InChI is InChI=1S/C6H8FN3O/c1-2-8-5-4(7)3-9-6(11)10-5/h3H,2H2,1H3,(H2,8,9,10,11). The number of nitrogens with zero attached hydrogens (tertiary/aromatic N) is 1. The molecule has 1 aromatic heterocycles. The molecular formula is C6H8FN3O. The molecule has 0 aliphatic heterocycles. The van der Waals surface area contributed by atoms with Crippen molar-refractivity contribution in [1.29, 1.82) is 0 Å². The smallest absolute Gasteiger partial charge is 0.346 e. The van der Waals surface area contributed by atoms with Gasteiger partial charge in [-0.1, -0.05) is 0 Å². The Balaban J connectivity index is 3.02. The van der Waals surface area contributed by atoms with E-state index in [0.717, 1.165) is 6.20 Å². The highest BCUT2D eigenvalue weighted by molar-refractivity contribution is 5.33. The van der Waals surface area contributed by atoms with Crippen molar-refractivity contribution in [1.82, 2.24) is 9.97 Å². The van der Waals surface area contributed by atoms with Crippen LogP contribution < -0.4 is 11.0 Å². The molecule has 0 saturated heterocycles. The number of hydrogen-bond donors (Lipinski definition) is 2. The van der Waals surface area contributed by atoms with Gasteiger partial charge in [-0.2, -0.15) is 4.98 Å². The fourth-order valence-corrected chi connectivity index (χ4v) is 0.684. The van der Waals surface area contributed by atoms with Crippen molar-refractivity contribution >= 4 is 5.82 Å². The lowest BCUT2D eigenvalue weighted by Crippen LogP contribution is -2.14. The van der Waals surface area contributed by atoms with E-state index in [-0.39, 0.29) is 5.82 Å². The summed E-state index contributed by atoms with van der Waals surface area (Å²) in [6, 6.07) is 0. The highest BCUT2D eigenvalue weighted by atomic mass is 19.1. The van der Waals surface area contributed by atoms with E-state index in [2.05, 4.69) is 15.3 Å². The molecule has 5 heteroatoms. The summed E-state index contributed by atoms with van der Waals surface area (Å²) in [5, 5.41) is 2.65. The van der Waals surface area contributed by atoms with Crippen LogP contribution in [0.5, 0.6) is 0 Å². The van der Waals surface area contributed by atoms with Gasteiger partial charge in [0, 0.05) is 6.54 Å². The van der Waals surface area contributed by atoms with Gasteiger partial charge in [0.1, 0.15) is 5.82 Å². The lowest BCUT2D eigenvalue weighted by molar-refractivity contribution is 0.614. The van der Waals surface area contributed by atoms with Crippen molar-refractivity contribution in [3.63, 3.8) is 0 Å². The Morgan fingerprint density at radius 3 is 3.18 bits per heavy atom. The summed E-state index contributed by atoms with van der Waals surface area (Å²) in [5.74, 6) is -0.459. The van der Waals surface area contributed by atoms with Crippen LogP contribution >= 0.6 is 0 Å². The first-order valence-corrected chi connectivity index (χ1v) is 3.22. The quantitative estimate of drug-likeness (QED) is 0.650. The van der Waals surface area contributed by atoms with Gasteiger partial charge in [-0.25, -0.2) is 9.18 Å². The van der Waals surface area contributed by atoms with E-state index in [1.54, 1.807) is 6.92 Å². The van der Waals surface area contributed by atoms with E-state index < -0.39 is 11.5 Å². The first-order valence-electron chi connectivity index (χ1n) is 3.22. The molecule has 1 aromatic rings. The van der Waals surface area contributed by atoms with Crippen LogP contribution in [0.4, 0.5) is 10.2 Å². The van der Waals surface area contributed by atoms with Crippen molar-refractivity contribution < 1.29 is 4.39 Å². The van der Waals surface area contributed by atoms with Crippen LogP contribution in [0.2, 0.25) is 0 Å². The fraction of sp³-hybridized carbons (Fsp3) is 0.333. The average Bonchev–Trinajstić information content (AvgIpc) is 1.98. The van der Waals surface area contributed by atoms with Crippen LogP contribution in [0.25, 0.3) is 0 Å². The molecule has 0 amide bonds. The van der Waals surface area contributed by atoms with Crippen LogP contribution in [-0.4, -0.2) is 16.5 Å². The molecule has 0 aliphatic carbocycles. The minimum Gasteiger partial charge on any atom is -0.369 e. The van der Waals surface area contributed by atoms with Gasteiger partial charge in [0.2, 0.25) is 0 Å². The van der Waals surface area contributed by atoms with Crippen LogP contribution in [0.3, 0.4) is 0 Å². The van der Waals surface area contributed by atoms with Crippen molar-refractivity contribution in [3.8, 4) is 0 Å². The van der Waals surface area contributed by atoms with E-state index in [1.165, 1.54) is 0 Å². The Morgan fingerprint density at radius 1 is 1.82 bits per heavy atom. The number of rotatable bonds is 2. The summed E-state index contributed by atoms with van der Waals surface area (Å²) in [5.41, 5.74) is -0.553. The predicted molar refractivity (Wildman–Crippen MR) is 39.0 cm³/mol. The van der Waals surface area contributed by atoms with Crippen molar-refractivity contribution in [3.05, 3.63) is 22.5 Å². The average molecular weight is 157 g/mol. The zero-order valence-electron chi connectivity index (χ0n) is 6.02. The molecule has 0 unspecified atom stereocenters. The molecular weight excluding hydrogens is 149 g/mol. The number of aromatic nitrogens is 2. The van der Waals surface area contributed by atoms with Gasteiger partial charge in [-0.05, 0) is 6.92 Å². The Kier molecular flexibility index (Phi) is 2.20. The molecule has 2 N–H and O–H groups in total. The summed E-state index contributed by atoms with van der Waals surface area (Å²) in [6.07, 6.45) is 0.886. The number of anilines is 1. The Morgan fingerprint density at radius 2 is 2.55 bits per heavy atom. The highest BCUT2D eigenvalue weighted by Crippen LogP contribution is 2.03. The third-order valence-electron chi connectivity index (χ3n) is 1.12. The van der Waals surface area contributed by atoms with Crippen molar-refractivity contribution in [2.75, 3.05) is 11.9 Å². The summed E-state index contributed by atoms with van der Waals surface area (Å²) in [7, 11) is 0. The van der Waals surface area contributed by atoms with Crippen molar-refractivity contribution in [2.24, 2.45) is 0 Å². The predicted octanol–water partition coefficient (Wildman–Crippen LogP) is 0.341. The molecule has 4 nitrogen and oxygen atoms in total. The van der Waals surface area contributed by atoms with Gasteiger partial charge in [-0.15, -0.1) is 0 Å². The third kappa shape index (κ3) is 1.76. The number of halogens is 1. The molecule has 0 spiro atoms. The van der Waals surface area contributed by atoms with Gasteiger partial charge >= 0.3 is 5.69 Å². The second-order valence-corrected chi connectivity index (χ2v) is 1.94. The fourth-order valence-electron chi connectivity index (χ4n) is 0.684. The number of H-pyrrole nitrogens is 1. The number of nitrogens with one attached hydrogen (secondary N) is 2. The van der Waals surface area contributed by atoms with E-state index in [9.17, 15) is 9.18 Å². The molecule has 1 rings (SSSR count). The van der Waals surface area contributed by atoms with Gasteiger partial charge in [-0.3, -0.25) is 4.98 Å². The first kappa shape index (κ1) is 7.71. The summed E-state index contributed by atoms with van der Waals surface area (Å²) >= 11 is 0. The summed E-state index contributed by atoms with van der Waals surface area (Å²) < 4.78 is 12.7. The Labute approximate surface area is 62.5 Å². The lowest BCUT2D eigenvalue weighted by atomic mass is 10.5. The van der Waals surface area contributed by atoms with Gasteiger partial charge < -0.3 is 5.32 Å². The SMILES string of the molecule is CCNc1[nH]c(=O)ncc1F. The normalized spacial score (nSPS) is 9.64. The molecule has 0 aliphatic rings. The maximum atomic E-state index is 12.7. The minimum absolute atomic E-state index is 0.0903. The third-order valence-corrected chi connectivity index (χ3v) is 1.12. The molecule has 0 fully saturated rings. The molecule has 0 saturated carbocycles. The van der Waals surface area contributed by atoms with Crippen LogP contribution in [0.1, 0.15) is 6.92 Å². The lowest BCUT2D eigenvalue weighted by Gasteiger charge is -2.01. The number of hydrogen-bond acceptors (Lipinski definition) is 3. The van der Waals surface area contributed by atoms with Crippen LogP contribution in [0.15, 0.2) is 11.0 Å². The van der Waals surface area contributed by atoms with E-state index >= 15 is 0 Å². The van der Waals surface area contributed by atoms with Gasteiger partial charge in [0.25, 0.3) is 0 Å². The zero-order chi connectivity index (χ0) is 8.27. The van der Waals surface area contributed by atoms with E-state index in [1.807, 2.05) is 0 Å². The Bertz CT molecular complexity index is 296. The van der Waals surface area contributed by atoms with Crippen LogP contribution in [0, 0.1) is 5.82 Å². The highest BCUT2D eigenvalue weighted by Gasteiger charge is 1.99. The largest absolute Gasteiger partial charge is 0.369 e. The maximum Gasteiger partial charge on any atom is 0.346 e. The molecule has 60 valence electrons. The molecule has 0 atom stereocenters. The molecule has 11 heavy (non-hydrogen) atoms. The van der Waals surface area contributed by atoms with Gasteiger partial charge in [0.05, 0.1) is 6.20 Å². The maximum absolute atomic E-state index is 12.7. The first-order chi connectivity index (χ1) is 5.24. The topological polar surface area (TPSA) is 57.8 Å². The summed E-state index contributed by atoms with van der Waals surface area (Å²) in [4.78, 5) is 16.0.